The first kappa shape index (κ1) is 20.9. The van der Waals surface area contributed by atoms with Gasteiger partial charge in [-0.05, 0) is 61.3 Å². The lowest BCUT2D eigenvalue weighted by atomic mass is 9.83. The first-order valence-electron chi connectivity index (χ1n) is 9.84. The van der Waals surface area contributed by atoms with E-state index in [1.165, 1.54) is 22.6 Å². The Morgan fingerprint density at radius 3 is 2.83 bits per heavy atom. The number of thiazole rings is 1. The summed E-state index contributed by atoms with van der Waals surface area (Å²) in [6, 6.07) is 10.7. The number of aromatic nitrogens is 2. The molecule has 1 aliphatic rings. The highest BCUT2D eigenvalue weighted by molar-refractivity contribution is 7.98. The number of benzene rings is 1. The summed E-state index contributed by atoms with van der Waals surface area (Å²) in [6.07, 6.45) is 7.06. The number of aromatic amines is 1. The summed E-state index contributed by atoms with van der Waals surface area (Å²) >= 11 is 9.73. The van der Waals surface area contributed by atoms with Gasteiger partial charge in [0.15, 0.2) is 0 Å². The van der Waals surface area contributed by atoms with E-state index in [0.717, 1.165) is 58.0 Å². The largest absolute Gasteiger partial charge is 0.391 e. The highest BCUT2D eigenvalue weighted by Crippen LogP contribution is 2.38. The molecule has 4 nitrogen and oxygen atoms in total. The number of ether oxygens (including phenoxy) is 1. The van der Waals surface area contributed by atoms with Gasteiger partial charge in [-0.3, -0.25) is 0 Å². The Morgan fingerprint density at radius 2 is 2.14 bits per heavy atom. The van der Waals surface area contributed by atoms with Gasteiger partial charge >= 0.3 is 0 Å². The highest BCUT2D eigenvalue weighted by Gasteiger charge is 2.24. The fourth-order valence-corrected chi connectivity index (χ4v) is 5.53. The summed E-state index contributed by atoms with van der Waals surface area (Å²) in [4.78, 5) is 10.0. The number of H-pyrrole nitrogens is 1. The van der Waals surface area contributed by atoms with Crippen LogP contribution in [0.5, 0.6) is 0 Å². The van der Waals surface area contributed by atoms with Crippen LogP contribution in [0.3, 0.4) is 0 Å². The summed E-state index contributed by atoms with van der Waals surface area (Å²) in [7, 11) is 0. The van der Waals surface area contributed by atoms with Gasteiger partial charge in [-0.15, -0.1) is 23.1 Å². The summed E-state index contributed by atoms with van der Waals surface area (Å²) in [5.41, 5.74) is 3.41. The van der Waals surface area contributed by atoms with Crippen molar-refractivity contribution in [3.05, 3.63) is 57.7 Å². The molecule has 3 heterocycles. The van der Waals surface area contributed by atoms with Gasteiger partial charge < -0.3 is 14.8 Å². The second-order valence-corrected chi connectivity index (χ2v) is 9.73. The van der Waals surface area contributed by atoms with Gasteiger partial charge in [0, 0.05) is 35.9 Å². The maximum absolute atomic E-state index is 9.33. The van der Waals surface area contributed by atoms with Crippen molar-refractivity contribution in [2.75, 3.05) is 19.5 Å². The molecular formula is C22H25ClN2O2S2. The predicted octanol–water partition coefficient (Wildman–Crippen LogP) is 5.95. The molecule has 1 atom stereocenters. The fourth-order valence-electron chi connectivity index (χ4n) is 3.90. The van der Waals surface area contributed by atoms with Gasteiger partial charge in [0.25, 0.3) is 0 Å². The second-order valence-electron chi connectivity index (χ2n) is 7.36. The van der Waals surface area contributed by atoms with E-state index in [4.69, 9.17) is 16.3 Å². The van der Waals surface area contributed by atoms with Crippen molar-refractivity contribution in [3.63, 3.8) is 0 Å². The average molecular weight is 449 g/mol. The monoisotopic (exact) mass is 448 g/mol. The summed E-state index contributed by atoms with van der Waals surface area (Å²) in [5.74, 6) is 0.887. The van der Waals surface area contributed by atoms with Crippen molar-refractivity contribution in [2.24, 2.45) is 5.92 Å². The molecule has 0 amide bonds. The number of nitrogens with one attached hydrogen (secondary N) is 1. The first-order valence-corrected chi connectivity index (χ1v) is 12.3. The Hall–Kier alpha value is -1.31. The lowest BCUT2D eigenvalue weighted by Gasteiger charge is -2.27. The number of rotatable bonds is 7. The quantitative estimate of drug-likeness (QED) is 0.438. The zero-order valence-corrected chi connectivity index (χ0v) is 18.7. The molecule has 3 aromatic rings. The number of nitrogens with zero attached hydrogens (tertiary/aromatic N) is 1. The summed E-state index contributed by atoms with van der Waals surface area (Å²) < 4.78 is 5.56. The normalized spacial score (nSPS) is 16.2. The van der Waals surface area contributed by atoms with Gasteiger partial charge in [0.2, 0.25) is 0 Å². The molecule has 7 heteroatoms. The Morgan fingerprint density at radius 1 is 1.31 bits per heavy atom. The topological polar surface area (TPSA) is 58.1 Å². The average Bonchev–Trinajstić information content (AvgIpc) is 3.42. The summed E-state index contributed by atoms with van der Waals surface area (Å²) in [5, 5.41) is 11.0. The molecule has 0 radical (unpaired) electrons. The Bertz CT molecular complexity index is 950. The van der Waals surface area contributed by atoms with Crippen LogP contribution in [0.15, 0.2) is 41.4 Å². The molecule has 1 aromatic carbocycles. The number of hydrogen-bond donors (Lipinski definition) is 2. The Balaban J connectivity index is 1.65. The fraction of sp³-hybridized carbons (Fsp3) is 0.409. The van der Waals surface area contributed by atoms with Crippen LogP contribution in [-0.4, -0.2) is 34.5 Å². The molecule has 1 fully saturated rings. The number of thioether (sulfide) groups is 1. The minimum absolute atomic E-state index is 0.0257. The molecule has 0 bridgehead atoms. The molecule has 1 saturated heterocycles. The highest BCUT2D eigenvalue weighted by atomic mass is 35.5. The Labute approximate surface area is 184 Å². The van der Waals surface area contributed by atoms with Crippen molar-refractivity contribution in [1.82, 2.24) is 9.97 Å². The van der Waals surface area contributed by atoms with E-state index in [1.807, 2.05) is 6.26 Å². The standard InChI is InChI=1S/C22H25ClN2O2S2/c1-28-21-5-2-15(11-18(21)23)17(10-14-6-8-27-9-7-14)19-3-4-20(25-19)22-24-12-16(13-26)29-22/h2-5,11-12,14,17,25-26H,6-10,13H2,1H3. The van der Waals surface area contributed by atoms with E-state index in [9.17, 15) is 5.11 Å². The van der Waals surface area contributed by atoms with Crippen molar-refractivity contribution >= 4 is 34.7 Å². The van der Waals surface area contributed by atoms with Crippen molar-refractivity contribution < 1.29 is 9.84 Å². The lowest BCUT2D eigenvalue weighted by Crippen LogP contribution is -2.18. The SMILES string of the molecule is CSc1ccc(C(CC2CCOCC2)c2ccc(-c3ncc(CO)s3)[nH]2)cc1Cl. The van der Waals surface area contributed by atoms with E-state index >= 15 is 0 Å². The predicted molar refractivity (Wildman–Crippen MR) is 121 cm³/mol. The number of aliphatic hydroxyl groups excluding tert-OH is 1. The second kappa shape index (κ2) is 9.67. The minimum Gasteiger partial charge on any atom is -0.391 e. The van der Waals surface area contributed by atoms with Crippen LogP contribution >= 0.6 is 34.7 Å². The zero-order chi connectivity index (χ0) is 20.2. The maximum atomic E-state index is 9.33. The molecule has 1 aliphatic heterocycles. The van der Waals surface area contributed by atoms with Crippen molar-refractivity contribution in [3.8, 4) is 10.7 Å². The number of hydrogen-bond acceptors (Lipinski definition) is 5. The maximum Gasteiger partial charge on any atom is 0.139 e. The van der Waals surface area contributed by atoms with Crippen LogP contribution in [0.25, 0.3) is 10.7 Å². The Kier molecular flexibility index (Phi) is 6.98. The van der Waals surface area contributed by atoms with E-state index in [-0.39, 0.29) is 12.5 Å². The summed E-state index contributed by atoms with van der Waals surface area (Å²) in [6.45, 7) is 1.73. The molecule has 2 aromatic heterocycles. The van der Waals surface area contributed by atoms with Gasteiger partial charge in [-0.25, -0.2) is 4.98 Å². The molecule has 0 spiro atoms. The van der Waals surface area contributed by atoms with E-state index in [1.54, 1.807) is 18.0 Å². The lowest BCUT2D eigenvalue weighted by molar-refractivity contribution is 0.0626. The molecule has 0 aliphatic carbocycles. The first-order chi connectivity index (χ1) is 14.2. The van der Waals surface area contributed by atoms with Crippen LogP contribution in [0.4, 0.5) is 0 Å². The van der Waals surface area contributed by atoms with Crippen LogP contribution in [0.2, 0.25) is 5.02 Å². The van der Waals surface area contributed by atoms with E-state index in [0.29, 0.717) is 5.92 Å². The molecule has 0 saturated carbocycles. The molecule has 2 N–H and O–H groups in total. The third kappa shape index (κ3) is 4.89. The number of halogens is 1. The van der Waals surface area contributed by atoms with Crippen LogP contribution < -0.4 is 0 Å². The molecule has 29 heavy (non-hydrogen) atoms. The van der Waals surface area contributed by atoms with Gasteiger partial charge in [0.05, 0.1) is 22.2 Å². The van der Waals surface area contributed by atoms with Gasteiger partial charge in [0.1, 0.15) is 5.01 Å². The third-order valence-corrected chi connectivity index (χ3v) is 7.75. The third-order valence-electron chi connectivity index (χ3n) is 5.51. The molecular weight excluding hydrogens is 424 g/mol. The van der Waals surface area contributed by atoms with Crippen LogP contribution in [0.1, 0.15) is 41.3 Å². The molecule has 154 valence electrons. The van der Waals surface area contributed by atoms with Crippen LogP contribution in [-0.2, 0) is 11.3 Å². The van der Waals surface area contributed by atoms with Crippen LogP contribution in [0, 0.1) is 5.92 Å². The van der Waals surface area contributed by atoms with Gasteiger partial charge in [-0.1, -0.05) is 17.7 Å². The zero-order valence-electron chi connectivity index (χ0n) is 16.4. The van der Waals surface area contributed by atoms with E-state index < -0.39 is 0 Å². The van der Waals surface area contributed by atoms with Gasteiger partial charge in [-0.2, -0.15) is 0 Å². The number of aliphatic hydroxyl groups is 1. The van der Waals surface area contributed by atoms with Crippen molar-refractivity contribution in [2.45, 2.75) is 36.7 Å². The van der Waals surface area contributed by atoms with Crippen molar-refractivity contribution in [1.29, 1.82) is 0 Å². The molecule has 1 unspecified atom stereocenters. The van der Waals surface area contributed by atoms with E-state index in [2.05, 4.69) is 40.3 Å². The minimum atomic E-state index is 0.0257. The smallest absolute Gasteiger partial charge is 0.139 e. The molecule has 4 rings (SSSR count).